The van der Waals surface area contributed by atoms with E-state index in [2.05, 4.69) is 33.8 Å². The van der Waals surface area contributed by atoms with Crippen molar-refractivity contribution in [2.45, 2.75) is 104 Å². The van der Waals surface area contributed by atoms with Crippen molar-refractivity contribution in [3.05, 3.63) is 11.6 Å². The predicted molar refractivity (Wildman–Crippen MR) is 143 cm³/mol. The highest BCUT2D eigenvalue weighted by Crippen LogP contribution is 2.67. The first kappa shape index (κ1) is 30.4. The fraction of sp³-hybridized carbons (Fsp3) is 0.926. The standard InChI is InChI=1S/C27H46O9S2/c1-17(2)6-5-7-18(16-35-37(29,30)31)21-10-11-22-20-9-8-19-14-24(28)25(36-38(32,33)34)15-27(19,4)23(20)12-13-26(21,22)3/h8,17-18,20-25,28H,5-7,9-16H2,1-4H3,(H,29,30,31)(H,32,33,34)/t18-,20-,21+,22-,23-,24-,25-,26+,27-/m0/s1. The summed E-state index contributed by atoms with van der Waals surface area (Å²) in [5, 5.41) is 10.6. The second-order valence-electron chi connectivity index (χ2n) is 13.3. The van der Waals surface area contributed by atoms with Gasteiger partial charge in [-0.15, -0.1) is 0 Å². The third-order valence-corrected chi connectivity index (χ3v) is 11.7. The molecular formula is C27H46O9S2. The monoisotopic (exact) mass is 578 g/mol. The second kappa shape index (κ2) is 11.0. The third-order valence-electron chi connectivity index (χ3n) is 10.8. The van der Waals surface area contributed by atoms with Gasteiger partial charge in [-0.3, -0.25) is 9.11 Å². The Hall–Kier alpha value is -0.560. The topological polar surface area (TPSA) is 147 Å². The van der Waals surface area contributed by atoms with Crippen LogP contribution in [0.3, 0.4) is 0 Å². The largest absolute Gasteiger partial charge is 0.397 e. The summed E-state index contributed by atoms with van der Waals surface area (Å²) >= 11 is 0. The lowest BCUT2D eigenvalue weighted by molar-refractivity contribution is -0.0853. The summed E-state index contributed by atoms with van der Waals surface area (Å²) in [5.74, 6) is 2.05. The van der Waals surface area contributed by atoms with E-state index in [4.69, 9.17) is 8.37 Å². The number of rotatable bonds is 10. The van der Waals surface area contributed by atoms with Gasteiger partial charge >= 0.3 is 20.8 Å². The van der Waals surface area contributed by atoms with Crippen molar-refractivity contribution >= 4 is 20.8 Å². The van der Waals surface area contributed by atoms with Crippen LogP contribution in [-0.4, -0.2) is 49.9 Å². The Morgan fingerprint density at radius 2 is 1.74 bits per heavy atom. The molecule has 0 radical (unpaired) electrons. The number of aliphatic hydroxyl groups excluding tert-OH is 1. The summed E-state index contributed by atoms with van der Waals surface area (Å²) < 4.78 is 74.2. The molecule has 4 aliphatic rings. The zero-order valence-corrected chi connectivity index (χ0v) is 24.7. The van der Waals surface area contributed by atoms with E-state index in [1.807, 2.05) is 0 Å². The zero-order valence-electron chi connectivity index (χ0n) is 23.1. The molecule has 0 aromatic carbocycles. The summed E-state index contributed by atoms with van der Waals surface area (Å²) in [6, 6.07) is 0. The summed E-state index contributed by atoms with van der Waals surface area (Å²) in [6.45, 7) is 8.88. The Morgan fingerprint density at radius 1 is 1.03 bits per heavy atom. The molecule has 4 rings (SSSR count). The van der Waals surface area contributed by atoms with Gasteiger partial charge < -0.3 is 5.11 Å². The van der Waals surface area contributed by atoms with Gasteiger partial charge in [0.2, 0.25) is 0 Å². The number of hydrogen-bond donors (Lipinski definition) is 3. The smallest absolute Gasteiger partial charge is 0.390 e. The van der Waals surface area contributed by atoms with Gasteiger partial charge in [0, 0.05) is 0 Å². The molecule has 0 spiro atoms. The van der Waals surface area contributed by atoms with Gasteiger partial charge in [-0.05, 0) is 97.7 Å². The van der Waals surface area contributed by atoms with Crippen molar-refractivity contribution in [2.24, 2.45) is 46.3 Å². The van der Waals surface area contributed by atoms with Crippen LogP contribution in [-0.2, 0) is 29.2 Å². The summed E-state index contributed by atoms with van der Waals surface area (Å²) in [4.78, 5) is 0. The van der Waals surface area contributed by atoms with E-state index in [1.54, 1.807) is 0 Å². The van der Waals surface area contributed by atoms with Gasteiger partial charge in [0.25, 0.3) is 0 Å². The lowest BCUT2D eigenvalue weighted by Gasteiger charge is -2.59. The fourth-order valence-corrected chi connectivity index (χ4v) is 9.95. The van der Waals surface area contributed by atoms with Crippen molar-refractivity contribution in [1.82, 2.24) is 0 Å². The highest BCUT2D eigenvalue weighted by atomic mass is 32.3. The Morgan fingerprint density at radius 3 is 2.37 bits per heavy atom. The van der Waals surface area contributed by atoms with Crippen molar-refractivity contribution in [1.29, 1.82) is 0 Å². The van der Waals surface area contributed by atoms with Crippen LogP contribution in [0.2, 0.25) is 0 Å². The molecule has 3 N–H and O–H groups in total. The van der Waals surface area contributed by atoms with Crippen LogP contribution < -0.4 is 0 Å². The molecule has 9 atom stereocenters. The molecule has 0 saturated heterocycles. The van der Waals surface area contributed by atoms with Gasteiger partial charge in [-0.1, -0.05) is 52.2 Å². The van der Waals surface area contributed by atoms with Crippen LogP contribution in [0.4, 0.5) is 0 Å². The zero-order chi connectivity index (χ0) is 28.1. The second-order valence-corrected chi connectivity index (χ2v) is 15.5. The van der Waals surface area contributed by atoms with Crippen molar-refractivity contribution in [3.63, 3.8) is 0 Å². The van der Waals surface area contributed by atoms with Crippen LogP contribution in [0, 0.1) is 46.3 Å². The van der Waals surface area contributed by atoms with E-state index in [0.717, 1.165) is 56.9 Å². The Balaban J connectivity index is 1.55. The molecule has 0 aliphatic heterocycles. The molecule has 220 valence electrons. The fourth-order valence-electron chi connectivity index (χ4n) is 9.10. The minimum Gasteiger partial charge on any atom is -0.390 e. The first-order valence-electron chi connectivity index (χ1n) is 14.2. The van der Waals surface area contributed by atoms with Crippen LogP contribution in [0.25, 0.3) is 0 Å². The van der Waals surface area contributed by atoms with E-state index in [9.17, 15) is 31.0 Å². The summed E-state index contributed by atoms with van der Waals surface area (Å²) in [5.41, 5.74) is 0.862. The first-order valence-corrected chi connectivity index (χ1v) is 16.9. The van der Waals surface area contributed by atoms with Gasteiger partial charge in [-0.2, -0.15) is 16.8 Å². The van der Waals surface area contributed by atoms with Gasteiger partial charge in [0.15, 0.2) is 0 Å². The summed E-state index contributed by atoms with van der Waals surface area (Å²) in [6.07, 6.45) is 8.77. The number of hydrogen-bond acceptors (Lipinski definition) is 7. The molecule has 3 saturated carbocycles. The molecule has 0 aromatic heterocycles. The highest BCUT2D eigenvalue weighted by molar-refractivity contribution is 7.81. The quantitative estimate of drug-likeness (QED) is 0.241. The van der Waals surface area contributed by atoms with Gasteiger partial charge in [0.05, 0.1) is 12.7 Å². The molecule has 3 fully saturated rings. The first-order chi connectivity index (χ1) is 17.5. The average Bonchev–Trinajstić information content (AvgIpc) is 3.12. The highest BCUT2D eigenvalue weighted by Gasteiger charge is 2.60. The lowest BCUT2D eigenvalue weighted by atomic mass is 9.46. The van der Waals surface area contributed by atoms with Crippen LogP contribution in [0.5, 0.6) is 0 Å². The third kappa shape index (κ3) is 6.34. The molecule has 0 unspecified atom stereocenters. The maximum Gasteiger partial charge on any atom is 0.397 e. The molecule has 38 heavy (non-hydrogen) atoms. The Bertz CT molecular complexity index is 1100. The molecular weight excluding hydrogens is 532 g/mol. The molecule has 11 heteroatoms. The van der Waals surface area contributed by atoms with E-state index >= 15 is 0 Å². The van der Waals surface area contributed by atoms with E-state index in [-0.39, 0.29) is 23.4 Å². The average molecular weight is 579 g/mol. The minimum absolute atomic E-state index is 0.00626. The minimum atomic E-state index is -4.67. The van der Waals surface area contributed by atoms with Crippen LogP contribution in [0.1, 0.15) is 91.9 Å². The number of allylic oxidation sites excluding steroid dienone is 1. The normalized spacial score (nSPS) is 40.3. The van der Waals surface area contributed by atoms with E-state index in [1.165, 1.54) is 0 Å². The van der Waals surface area contributed by atoms with Crippen molar-refractivity contribution < 1.29 is 39.4 Å². The predicted octanol–water partition coefficient (Wildman–Crippen LogP) is 4.99. The van der Waals surface area contributed by atoms with Gasteiger partial charge in [0.1, 0.15) is 6.10 Å². The number of fused-ring (bicyclic) bond motifs is 5. The van der Waals surface area contributed by atoms with E-state index < -0.39 is 33.0 Å². The number of aliphatic hydroxyl groups is 1. The van der Waals surface area contributed by atoms with Gasteiger partial charge in [-0.25, -0.2) is 8.37 Å². The lowest BCUT2D eigenvalue weighted by Crippen LogP contribution is -2.54. The van der Waals surface area contributed by atoms with Crippen LogP contribution in [0.15, 0.2) is 11.6 Å². The maximum atomic E-state index is 11.5. The molecule has 0 bridgehead atoms. The maximum absolute atomic E-state index is 11.5. The molecule has 4 aliphatic carbocycles. The molecule has 0 heterocycles. The van der Waals surface area contributed by atoms with Crippen molar-refractivity contribution in [2.75, 3.05) is 6.61 Å². The summed E-state index contributed by atoms with van der Waals surface area (Å²) in [7, 11) is -9.18. The van der Waals surface area contributed by atoms with Crippen molar-refractivity contribution in [3.8, 4) is 0 Å². The van der Waals surface area contributed by atoms with E-state index in [0.29, 0.717) is 42.4 Å². The SMILES string of the molecule is CC(C)CCC[C@@H](COS(=O)(=O)O)[C@H]1CC[C@H]2[C@@H]3CC=C4C[C@H](O)[C@@H](OS(=O)(=O)O)C[C@]4(C)[C@H]3CC[C@]12C. The van der Waals surface area contributed by atoms with Crippen LogP contribution >= 0.6 is 0 Å². The Labute approximate surface area is 228 Å². The molecule has 0 aromatic rings. The molecule has 0 amide bonds. The Kier molecular flexibility index (Phi) is 8.82. The molecule has 9 nitrogen and oxygen atoms in total.